The number of hydrogen-bond acceptors (Lipinski definition) is 2. The van der Waals surface area contributed by atoms with Gasteiger partial charge in [-0.05, 0) is 0 Å². The Morgan fingerprint density at radius 1 is 0.571 bits per heavy atom. The van der Waals surface area contributed by atoms with E-state index in [-0.39, 0.29) is 37.1 Å². The molecule has 0 aliphatic heterocycles. The summed E-state index contributed by atoms with van der Waals surface area (Å²) in [5.41, 5.74) is 1.31. The van der Waals surface area contributed by atoms with Crippen LogP contribution in [0.15, 0.2) is 129 Å². The molecule has 248 valence electrons. The fraction of sp³-hybridized carbons (Fsp3) is 0.150. The van der Waals surface area contributed by atoms with Crippen LogP contribution in [-0.4, -0.2) is 11.8 Å². The molecule has 0 heterocycles. The average molecular weight is 699 g/mol. The predicted molar refractivity (Wildman–Crippen MR) is 182 cm³/mol. The van der Waals surface area contributed by atoms with Crippen LogP contribution in [0.25, 0.3) is 0 Å². The molecule has 4 nitrogen and oxygen atoms in total. The molecule has 9 heteroatoms. The first-order valence-electron chi connectivity index (χ1n) is 16.2. The SMILES string of the molecule is O=C(CCc1ccccc1)Nc1ccc(F)[c]([Ti]([C]2=CC=CC2)([C]2=CC=CC2)[c]2c(F)ccc(NC(=O)CCc3ccccc3)c2F)c1F. The van der Waals surface area contributed by atoms with Gasteiger partial charge in [0.25, 0.3) is 0 Å². The molecule has 0 saturated carbocycles. The first-order valence-corrected chi connectivity index (χ1v) is 19.3. The van der Waals surface area contributed by atoms with E-state index in [0.717, 1.165) is 35.4 Å². The summed E-state index contributed by atoms with van der Waals surface area (Å²) >= 11 is -5.17. The van der Waals surface area contributed by atoms with Crippen molar-refractivity contribution in [1.82, 2.24) is 0 Å². The van der Waals surface area contributed by atoms with E-state index in [1.807, 2.05) is 60.7 Å². The molecule has 4 aromatic rings. The van der Waals surface area contributed by atoms with Crippen LogP contribution >= 0.6 is 0 Å². The van der Waals surface area contributed by atoms with Gasteiger partial charge in [-0.2, -0.15) is 0 Å². The monoisotopic (exact) mass is 698 g/mol. The van der Waals surface area contributed by atoms with Gasteiger partial charge < -0.3 is 0 Å². The topological polar surface area (TPSA) is 58.2 Å². The molecular weight excluding hydrogens is 664 g/mol. The molecule has 0 bridgehead atoms. The van der Waals surface area contributed by atoms with Crippen molar-refractivity contribution in [1.29, 1.82) is 0 Å². The summed E-state index contributed by atoms with van der Waals surface area (Å²) < 4.78 is 66.8. The van der Waals surface area contributed by atoms with E-state index in [2.05, 4.69) is 10.6 Å². The van der Waals surface area contributed by atoms with E-state index in [9.17, 15) is 9.59 Å². The number of amides is 2. The number of rotatable bonds is 12. The average Bonchev–Trinajstić information content (AvgIpc) is 3.86. The van der Waals surface area contributed by atoms with Gasteiger partial charge in [0, 0.05) is 0 Å². The van der Waals surface area contributed by atoms with Crippen LogP contribution in [0.4, 0.5) is 28.9 Å². The van der Waals surface area contributed by atoms with Crippen molar-refractivity contribution in [3.63, 3.8) is 0 Å². The number of aryl methyl sites for hydroxylation is 2. The number of benzene rings is 4. The van der Waals surface area contributed by atoms with Crippen LogP contribution < -0.4 is 18.4 Å². The second-order valence-corrected chi connectivity index (χ2v) is 17.9. The van der Waals surface area contributed by atoms with Gasteiger partial charge in [-0.3, -0.25) is 0 Å². The molecular formula is C40H34F4N2O2Ti. The van der Waals surface area contributed by atoms with Gasteiger partial charge in [0.2, 0.25) is 0 Å². The van der Waals surface area contributed by atoms with Crippen molar-refractivity contribution in [2.45, 2.75) is 38.5 Å². The number of halogens is 4. The molecule has 0 fully saturated rings. The molecule has 2 amide bonds. The van der Waals surface area contributed by atoms with Gasteiger partial charge in [-0.15, -0.1) is 0 Å². The third-order valence-corrected chi connectivity index (χ3v) is 16.9. The van der Waals surface area contributed by atoms with Gasteiger partial charge in [0.1, 0.15) is 0 Å². The molecule has 0 spiro atoms. The van der Waals surface area contributed by atoms with E-state index >= 15 is 17.6 Å². The van der Waals surface area contributed by atoms with E-state index in [4.69, 9.17) is 0 Å². The number of allylic oxidation sites excluding steroid dienone is 8. The van der Waals surface area contributed by atoms with Crippen molar-refractivity contribution in [2.24, 2.45) is 0 Å². The van der Waals surface area contributed by atoms with Crippen LogP contribution in [0.5, 0.6) is 0 Å². The Hall–Kier alpha value is -4.79. The van der Waals surface area contributed by atoms with Crippen LogP contribution in [0.2, 0.25) is 0 Å². The van der Waals surface area contributed by atoms with Gasteiger partial charge in [0.05, 0.1) is 0 Å². The molecule has 6 rings (SSSR count). The quantitative estimate of drug-likeness (QED) is 0.116. The van der Waals surface area contributed by atoms with Crippen molar-refractivity contribution in [2.75, 3.05) is 10.6 Å². The van der Waals surface area contributed by atoms with Crippen molar-refractivity contribution in [3.05, 3.63) is 164 Å². The van der Waals surface area contributed by atoms with Crippen LogP contribution in [0.1, 0.15) is 36.8 Å². The van der Waals surface area contributed by atoms with Crippen molar-refractivity contribution < 1.29 is 43.7 Å². The maximum atomic E-state index is 17.0. The Bertz CT molecular complexity index is 1860. The Morgan fingerprint density at radius 2 is 0.980 bits per heavy atom. The van der Waals surface area contributed by atoms with Crippen LogP contribution in [-0.2, 0) is 39.0 Å². The fourth-order valence-corrected chi connectivity index (χ4v) is 14.9. The molecule has 2 aliphatic carbocycles. The molecule has 4 aromatic carbocycles. The molecule has 2 aliphatic rings. The fourth-order valence-electron chi connectivity index (χ4n) is 6.64. The van der Waals surface area contributed by atoms with E-state index in [1.54, 1.807) is 36.5 Å². The summed E-state index contributed by atoms with van der Waals surface area (Å²) in [4.78, 5) is 26.0. The Balaban J connectivity index is 1.43. The third-order valence-electron chi connectivity index (χ3n) is 8.95. The summed E-state index contributed by atoms with van der Waals surface area (Å²) in [6, 6.07) is 23.0. The zero-order valence-corrected chi connectivity index (χ0v) is 28.2. The number of carbonyl (C=O) groups is 2. The van der Waals surface area contributed by atoms with Crippen LogP contribution in [0, 0.1) is 23.3 Å². The van der Waals surface area contributed by atoms with Crippen LogP contribution in [0.3, 0.4) is 0 Å². The molecule has 0 atom stereocenters. The number of anilines is 2. The minimum atomic E-state index is -5.17. The molecule has 49 heavy (non-hydrogen) atoms. The number of carbonyl (C=O) groups excluding carboxylic acids is 2. The number of nitrogens with one attached hydrogen (secondary N) is 2. The normalized spacial score (nSPS) is 13.7. The van der Waals surface area contributed by atoms with E-state index in [0.29, 0.717) is 20.6 Å². The number of hydrogen-bond donors (Lipinski definition) is 2. The summed E-state index contributed by atoms with van der Waals surface area (Å²) in [7, 11) is 0. The summed E-state index contributed by atoms with van der Waals surface area (Å²) in [5, 5.41) is 5.16. The summed E-state index contributed by atoms with van der Waals surface area (Å²) in [6.07, 6.45) is 11.7. The standard InChI is InChI=1S/2C15H12F2NO.2C5H5.Ti/c2*16-12-7-8-14(13(17)10-12)18-15(19)9-6-11-4-2-1-3-5-11;2*1-2-4-5-3-1;/h2*1-5,7-8H,6,9H2,(H,18,19);2*1-3H,4H2;. The molecule has 0 unspecified atom stereocenters. The maximum absolute atomic E-state index is 17.0. The first-order chi connectivity index (χ1) is 23.8. The molecule has 2 N–H and O–H groups in total. The predicted octanol–water partition coefficient (Wildman–Crippen LogP) is 8.18. The molecule has 0 radical (unpaired) electrons. The van der Waals surface area contributed by atoms with Crippen molar-refractivity contribution >= 4 is 30.9 Å². The van der Waals surface area contributed by atoms with Gasteiger partial charge >= 0.3 is 287 Å². The first kappa shape index (κ1) is 34.1. The van der Waals surface area contributed by atoms with E-state index in [1.165, 1.54) is 0 Å². The second-order valence-electron chi connectivity index (χ2n) is 12.0. The van der Waals surface area contributed by atoms with Gasteiger partial charge in [-0.25, -0.2) is 0 Å². The Labute approximate surface area is 286 Å². The zero-order chi connectivity index (χ0) is 34.4. The Morgan fingerprint density at radius 3 is 1.35 bits per heavy atom. The molecule has 0 aromatic heterocycles. The summed E-state index contributed by atoms with van der Waals surface area (Å²) in [6.45, 7) is 0. The van der Waals surface area contributed by atoms with Gasteiger partial charge in [0.15, 0.2) is 0 Å². The van der Waals surface area contributed by atoms with Gasteiger partial charge in [-0.1, -0.05) is 0 Å². The Kier molecular flexibility index (Phi) is 10.6. The zero-order valence-electron chi connectivity index (χ0n) is 26.6. The third kappa shape index (κ3) is 7.17. The minimum absolute atomic E-state index is 0.0438. The molecule has 0 saturated heterocycles. The van der Waals surface area contributed by atoms with Crippen molar-refractivity contribution in [3.8, 4) is 0 Å². The second kappa shape index (κ2) is 15.2. The van der Waals surface area contributed by atoms with E-state index < -0.39 is 59.4 Å². The summed E-state index contributed by atoms with van der Waals surface area (Å²) in [5.74, 6) is -5.03.